The Balaban J connectivity index is 2.63. The summed E-state index contributed by atoms with van der Waals surface area (Å²) < 4.78 is 0. The molecule has 0 aromatic heterocycles. The third-order valence-electron chi connectivity index (χ3n) is 3.36. The molecule has 0 saturated carbocycles. The van der Waals surface area contributed by atoms with Crippen molar-refractivity contribution < 1.29 is 15.0 Å². The Morgan fingerprint density at radius 3 is 2.22 bits per heavy atom. The molecule has 0 radical (unpaired) electrons. The lowest BCUT2D eigenvalue weighted by Gasteiger charge is -2.30. The van der Waals surface area contributed by atoms with Crippen LogP contribution in [0.1, 0.15) is 32.3 Å². The summed E-state index contributed by atoms with van der Waals surface area (Å²) in [5.74, 6) is 0.0735. The van der Waals surface area contributed by atoms with E-state index in [0.717, 1.165) is 5.56 Å². The van der Waals surface area contributed by atoms with E-state index in [1.54, 1.807) is 24.3 Å². The Hall–Kier alpha value is -1.55. The largest absolute Gasteiger partial charge is 0.508 e. The minimum absolute atomic E-state index is 0.0542. The quantitative estimate of drug-likeness (QED) is 0.719. The molecule has 0 atom stereocenters. The van der Waals surface area contributed by atoms with E-state index < -0.39 is 5.54 Å². The minimum atomic E-state index is -0.520. The fraction of sp³-hybridized carbons (Fsp3) is 0.500. The molecule has 0 aliphatic heterocycles. The van der Waals surface area contributed by atoms with Gasteiger partial charge in [0.15, 0.2) is 0 Å². The lowest BCUT2D eigenvalue weighted by atomic mass is 9.93. The standard InChI is InChI=1S/C14H21NO3/c1-3-14(4-2,10-16)15-13(18)9-11-5-7-12(17)8-6-11/h5-8,16-17H,3-4,9-10H2,1-2H3,(H,15,18). The van der Waals surface area contributed by atoms with Crippen LogP contribution >= 0.6 is 0 Å². The molecule has 0 fully saturated rings. The molecule has 4 nitrogen and oxygen atoms in total. The number of carbonyl (C=O) groups excluding carboxylic acids is 1. The normalized spacial score (nSPS) is 11.3. The van der Waals surface area contributed by atoms with Crippen LogP contribution in [-0.4, -0.2) is 28.3 Å². The number of phenolic OH excluding ortho intramolecular Hbond substituents is 1. The van der Waals surface area contributed by atoms with E-state index in [1.807, 2.05) is 13.8 Å². The molecular formula is C14H21NO3. The van der Waals surface area contributed by atoms with Crippen molar-refractivity contribution in [2.45, 2.75) is 38.6 Å². The van der Waals surface area contributed by atoms with Gasteiger partial charge in [-0.05, 0) is 30.5 Å². The number of hydrogen-bond donors (Lipinski definition) is 3. The Bertz CT molecular complexity index is 374. The highest BCUT2D eigenvalue weighted by molar-refractivity contribution is 5.79. The minimum Gasteiger partial charge on any atom is -0.508 e. The predicted octanol–water partition coefficient (Wildman–Crippen LogP) is 1.60. The molecule has 18 heavy (non-hydrogen) atoms. The van der Waals surface area contributed by atoms with Crippen molar-refractivity contribution in [1.82, 2.24) is 5.32 Å². The number of nitrogens with one attached hydrogen (secondary N) is 1. The maximum absolute atomic E-state index is 11.9. The van der Waals surface area contributed by atoms with E-state index >= 15 is 0 Å². The second kappa shape index (κ2) is 6.40. The van der Waals surface area contributed by atoms with Crippen LogP contribution in [0.3, 0.4) is 0 Å². The van der Waals surface area contributed by atoms with Crippen molar-refractivity contribution in [3.63, 3.8) is 0 Å². The number of phenols is 1. The van der Waals surface area contributed by atoms with Crippen molar-refractivity contribution in [2.24, 2.45) is 0 Å². The summed E-state index contributed by atoms with van der Waals surface area (Å²) >= 11 is 0. The number of hydrogen-bond acceptors (Lipinski definition) is 3. The Kier molecular flexibility index (Phi) is 5.16. The van der Waals surface area contributed by atoms with Gasteiger partial charge in [0.2, 0.25) is 5.91 Å². The first-order valence-corrected chi connectivity index (χ1v) is 6.25. The Labute approximate surface area is 108 Å². The maximum atomic E-state index is 11.9. The number of aliphatic hydroxyl groups is 1. The third kappa shape index (κ3) is 3.74. The number of rotatable bonds is 6. The van der Waals surface area contributed by atoms with Crippen LogP contribution in [0.15, 0.2) is 24.3 Å². The Morgan fingerprint density at radius 1 is 1.22 bits per heavy atom. The lowest BCUT2D eigenvalue weighted by molar-refractivity contribution is -0.123. The highest BCUT2D eigenvalue weighted by atomic mass is 16.3. The maximum Gasteiger partial charge on any atom is 0.224 e. The second-order valence-corrected chi connectivity index (χ2v) is 4.54. The summed E-state index contributed by atoms with van der Waals surface area (Å²) in [6.07, 6.45) is 1.64. The van der Waals surface area contributed by atoms with Crippen LogP contribution in [-0.2, 0) is 11.2 Å². The van der Waals surface area contributed by atoms with E-state index in [-0.39, 0.29) is 24.7 Å². The molecular weight excluding hydrogens is 230 g/mol. The molecule has 0 aliphatic rings. The van der Waals surface area contributed by atoms with Gasteiger partial charge < -0.3 is 15.5 Å². The topological polar surface area (TPSA) is 69.6 Å². The lowest BCUT2D eigenvalue weighted by Crippen LogP contribution is -2.51. The molecule has 4 heteroatoms. The molecule has 1 aromatic rings. The SMILES string of the molecule is CCC(CC)(CO)NC(=O)Cc1ccc(O)cc1. The van der Waals surface area contributed by atoms with E-state index in [0.29, 0.717) is 12.8 Å². The first-order valence-electron chi connectivity index (χ1n) is 6.25. The molecule has 3 N–H and O–H groups in total. The molecule has 1 aromatic carbocycles. The first-order chi connectivity index (χ1) is 8.55. The van der Waals surface area contributed by atoms with Crippen molar-refractivity contribution in [3.05, 3.63) is 29.8 Å². The summed E-state index contributed by atoms with van der Waals surface area (Å²) in [6, 6.07) is 6.55. The molecule has 100 valence electrons. The van der Waals surface area contributed by atoms with Crippen LogP contribution in [0.5, 0.6) is 5.75 Å². The summed E-state index contributed by atoms with van der Waals surface area (Å²) in [4.78, 5) is 11.9. The number of amides is 1. The molecule has 0 heterocycles. The summed E-state index contributed by atoms with van der Waals surface area (Å²) in [6.45, 7) is 3.84. The van der Waals surface area contributed by atoms with E-state index in [2.05, 4.69) is 5.32 Å². The number of carbonyl (C=O) groups is 1. The highest BCUT2D eigenvalue weighted by Gasteiger charge is 2.26. The molecule has 0 aliphatic carbocycles. The molecule has 1 amide bonds. The van der Waals surface area contributed by atoms with E-state index in [4.69, 9.17) is 5.11 Å². The summed E-state index contributed by atoms with van der Waals surface area (Å²) in [5, 5.41) is 21.4. The number of benzene rings is 1. The van der Waals surface area contributed by atoms with Crippen LogP contribution in [0.4, 0.5) is 0 Å². The molecule has 0 saturated heterocycles. The van der Waals surface area contributed by atoms with Gasteiger partial charge in [-0.15, -0.1) is 0 Å². The monoisotopic (exact) mass is 251 g/mol. The number of aromatic hydroxyl groups is 1. The first kappa shape index (κ1) is 14.5. The van der Waals surface area contributed by atoms with Crippen molar-refractivity contribution in [3.8, 4) is 5.75 Å². The van der Waals surface area contributed by atoms with Gasteiger partial charge in [-0.1, -0.05) is 26.0 Å². The van der Waals surface area contributed by atoms with E-state index in [9.17, 15) is 9.90 Å². The van der Waals surface area contributed by atoms with Gasteiger partial charge in [0, 0.05) is 0 Å². The summed E-state index contributed by atoms with van der Waals surface area (Å²) in [5.41, 5.74) is 0.318. The van der Waals surface area contributed by atoms with Gasteiger partial charge in [0.25, 0.3) is 0 Å². The van der Waals surface area contributed by atoms with Gasteiger partial charge in [-0.2, -0.15) is 0 Å². The molecule has 0 unspecified atom stereocenters. The summed E-state index contributed by atoms with van der Waals surface area (Å²) in [7, 11) is 0. The molecule has 0 spiro atoms. The second-order valence-electron chi connectivity index (χ2n) is 4.54. The van der Waals surface area contributed by atoms with Gasteiger partial charge in [0.1, 0.15) is 5.75 Å². The zero-order valence-electron chi connectivity index (χ0n) is 10.9. The van der Waals surface area contributed by atoms with Crippen molar-refractivity contribution in [1.29, 1.82) is 0 Å². The van der Waals surface area contributed by atoms with Crippen LogP contribution in [0, 0.1) is 0 Å². The van der Waals surface area contributed by atoms with E-state index in [1.165, 1.54) is 0 Å². The van der Waals surface area contributed by atoms with Crippen LogP contribution in [0.2, 0.25) is 0 Å². The fourth-order valence-corrected chi connectivity index (χ4v) is 1.83. The van der Waals surface area contributed by atoms with Gasteiger partial charge in [0.05, 0.1) is 18.6 Å². The third-order valence-corrected chi connectivity index (χ3v) is 3.36. The zero-order chi connectivity index (χ0) is 13.6. The average Bonchev–Trinajstić information content (AvgIpc) is 2.39. The molecule has 0 bridgehead atoms. The number of aliphatic hydroxyl groups excluding tert-OH is 1. The van der Waals surface area contributed by atoms with Gasteiger partial charge >= 0.3 is 0 Å². The Morgan fingerprint density at radius 2 is 1.78 bits per heavy atom. The molecule has 1 rings (SSSR count). The van der Waals surface area contributed by atoms with Gasteiger partial charge in [-0.3, -0.25) is 4.79 Å². The van der Waals surface area contributed by atoms with Crippen LogP contribution in [0.25, 0.3) is 0 Å². The van der Waals surface area contributed by atoms with Crippen molar-refractivity contribution >= 4 is 5.91 Å². The smallest absolute Gasteiger partial charge is 0.224 e. The fourth-order valence-electron chi connectivity index (χ4n) is 1.83. The van der Waals surface area contributed by atoms with Crippen molar-refractivity contribution in [2.75, 3.05) is 6.61 Å². The average molecular weight is 251 g/mol. The highest BCUT2D eigenvalue weighted by Crippen LogP contribution is 2.15. The predicted molar refractivity (Wildman–Crippen MR) is 70.4 cm³/mol. The van der Waals surface area contributed by atoms with Gasteiger partial charge in [-0.25, -0.2) is 0 Å². The van der Waals surface area contributed by atoms with Crippen LogP contribution < -0.4 is 5.32 Å². The zero-order valence-corrected chi connectivity index (χ0v) is 10.9.